The number of rotatable bonds is 5. The number of halogens is 2. The Morgan fingerprint density at radius 2 is 1.70 bits per heavy atom. The van der Waals surface area contributed by atoms with E-state index < -0.39 is 0 Å². The Morgan fingerprint density at radius 1 is 0.889 bits per heavy atom. The molecule has 4 atom stereocenters. The van der Waals surface area contributed by atoms with E-state index in [0.717, 1.165) is 28.7 Å². The first-order chi connectivity index (χ1) is 13.1. The molecule has 0 amide bonds. The third kappa shape index (κ3) is 4.20. The van der Waals surface area contributed by atoms with Crippen LogP contribution in [-0.2, 0) is 0 Å². The van der Waals surface area contributed by atoms with Crippen LogP contribution in [0.2, 0.25) is 0 Å². The van der Waals surface area contributed by atoms with Crippen LogP contribution in [0.4, 0.5) is 8.78 Å². The van der Waals surface area contributed by atoms with Gasteiger partial charge in [-0.1, -0.05) is 51.2 Å². The summed E-state index contributed by atoms with van der Waals surface area (Å²) in [4.78, 5) is 0. The zero-order valence-corrected chi connectivity index (χ0v) is 16.5. The van der Waals surface area contributed by atoms with E-state index in [1.54, 1.807) is 12.1 Å². The van der Waals surface area contributed by atoms with E-state index in [1.165, 1.54) is 76.3 Å². The van der Waals surface area contributed by atoms with Crippen molar-refractivity contribution in [3.05, 3.63) is 47.5 Å². The summed E-state index contributed by atoms with van der Waals surface area (Å²) in [6.45, 7) is 2.28. The molecule has 2 heteroatoms. The molecule has 0 aliphatic heterocycles. The maximum Gasteiger partial charge on any atom is 0.131 e. The fraction of sp³-hybridized carbons (Fsp3) is 0.600. The van der Waals surface area contributed by atoms with Crippen LogP contribution in [0.25, 0.3) is 10.8 Å². The Bertz CT molecular complexity index is 781. The summed E-state index contributed by atoms with van der Waals surface area (Å²) in [7, 11) is 0. The van der Waals surface area contributed by atoms with Crippen LogP contribution < -0.4 is 0 Å². The van der Waals surface area contributed by atoms with E-state index in [4.69, 9.17) is 0 Å². The van der Waals surface area contributed by atoms with Gasteiger partial charge in [-0.3, -0.25) is 0 Å². The lowest BCUT2D eigenvalue weighted by Crippen LogP contribution is -2.30. The van der Waals surface area contributed by atoms with Crippen LogP contribution in [0.1, 0.15) is 82.6 Å². The van der Waals surface area contributed by atoms with Crippen molar-refractivity contribution in [2.24, 2.45) is 17.8 Å². The van der Waals surface area contributed by atoms with Crippen LogP contribution in [-0.4, -0.2) is 0 Å². The molecule has 27 heavy (non-hydrogen) atoms. The first kappa shape index (κ1) is 18.9. The topological polar surface area (TPSA) is 0 Å². The largest absolute Gasteiger partial charge is 0.207 e. The van der Waals surface area contributed by atoms with Gasteiger partial charge >= 0.3 is 0 Å². The Morgan fingerprint density at radius 3 is 2.56 bits per heavy atom. The number of hydrogen-bond acceptors (Lipinski definition) is 0. The van der Waals surface area contributed by atoms with Crippen LogP contribution in [0.3, 0.4) is 0 Å². The van der Waals surface area contributed by atoms with Gasteiger partial charge in [0.1, 0.15) is 11.6 Å². The summed E-state index contributed by atoms with van der Waals surface area (Å²) in [5.74, 6) is 2.47. The van der Waals surface area contributed by atoms with E-state index in [-0.39, 0.29) is 11.6 Å². The summed E-state index contributed by atoms with van der Waals surface area (Å²) in [5, 5.41) is 1.23. The molecule has 0 saturated heterocycles. The average molecular weight is 371 g/mol. The summed E-state index contributed by atoms with van der Waals surface area (Å²) >= 11 is 0. The Balaban J connectivity index is 1.43. The smallest absolute Gasteiger partial charge is 0.131 e. The normalized spacial score (nSPS) is 28.3. The Hall–Kier alpha value is -1.44. The first-order valence-electron chi connectivity index (χ1n) is 11.0. The highest BCUT2D eigenvalue weighted by Crippen LogP contribution is 2.48. The molecule has 0 radical (unpaired) electrons. The molecule has 2 unspecified atom stereocenters. The third-order valence-electron chi connectivity index (χ3n) is 7.30. The maximum atomic E-state index is 14.5. The molecule has 2 fully saturated rings. The molecule has 0 aromatic heterocycles. The van der Waals surface area contributed by atoms with E-state index in [1.807, 2.05) is 0 Å². The molecule has 0 heterocycles. The van der Waals surface area contributed by atoms with E-state index >= 15 is 0 Å². The molecule has 0 N–H and O–H groups in total. The number of unbranched alkanes of at least 4 members (excludes halogenated alkanes) is 2. The Kier molecular flexibility index (Phi) is 5.80. The number of fused-ring (bicyclic) bond motifs is 2. The highest BCUT2D eigenvalue weighted by Gasteiger charge is 2.35. The number of hydrogen-bond donors (Lipinski definition) is 0. The molecular formula is C25H32F2. The predicted molar refractivity (Wildman–Crippen MR) is 109 cm³/mol. The van der Waals surface area contributed by atoms with Gasteiger partial charge in [-0.15, -0.1) is 0 Å². The van der Waals surface area contributed by atoms with E-state index in [2.05, 4.69) is 13.0 Å². The number of benzene rings is 2. The predicted octanol–water partition coefficient (Wildman–Crippen LogP) is 8.00. The van der Waals surface area contributed by atoms with E-state index in [0.29, 0.717) is 11.3 Å². The molecule has 2 aliphatic rings. The molecule has 146 valence electrons. The molecule has 2 aromatic rings. The zero-order chi connectivity index (χ0) is 18.8. The van der Waals surface area contributed by atoms with Crippen molar-refractivity contribution in [2.75, 3.05) is 0 Å². The second-order valence-corrected chi connectivity index (χ2v) is 9.07. The lowest BCUT2D eigenvalue weighted by molar-refractivity contribution is 0.113. The van der Waals surface area contributed by atoms with Gasteiger partial charge in [0.2, 0.25) is 0 Å². The van der Waals surface area contributed by atoms with Crippen molar-refractivity contribution in [2.45, 2.75) is 77.0 Å². The second kappa shape index (κ2) is 8.29. The monoisotopic (exact) mass is 370 g/mol. The van der Waals surface area contributed by atoms with Gasteiger partial charge < -0.3 is 0 Å². The van der Waals surface area contributed by atoms with Gasteiger partial charge in [-0.05, 0) is 84.9 Å². The van der Waals surface area contributed by atoms with Crippen molar-refractivity contribution in [3.63, 3.8) is 0 Å². The zero-order valence-electron chi connectivity index (χ0n) is 16.5. The van der Waals surface area contributed by atoms with Crippen LogP contribution in [0.15, 0.2) is 30.3 Å². The summed E-state index contributed by atoms with van der Waals surface area (Å²) < 4.78 is 28.0. The van der Waals surface area contributed by atoms with Crippen molar-refractivity contribution < 1.29 is 8.78 Å². The van der Waals surface area contributed by atoms with Gasteiger partial charge in [0.25, 0.3) is 0 Å². The van der Waals surface area contributed by atoms with Gasteiger partial charge in [0.15, 0.2) is 0 Å². The minimum Gasteiger partial charge on any atom is -0.207 e. The van der Waals surface area contributed by atoms with Crippen LogP contribution in [0, 0.1) is 29.4 Å². The highest BCUT2D eigenvalue weighted by molar-refractivity contribution is 5.84. The van der Waals surface area contributed by atoms with Gasteiger partial charge in [0, 0.05) is 5.39 Å². The van der Waals surface area contributed by atoms with Crippen LogP contribution in [0.5, 0.6) is 0 Å². The quantitative estimate of drug-likeness (QED) is 0.468. The molecule has 2 aromatic carbocycles. The Labute approximate surface area is 162 Å². The standard InChI is InChI=1S/C25H32F2/c1-2-3-4-5-17-6-7-19-13-20(9-8-18(19)12-17)22-14-21-10-11-23(26)16-24(21)25(27)15-22/h10-11,14-20H,2-9,12-13H2,1H3/t17-,18?,19-,20?/m1/s1. The summed E-state index contributed by atoms with van der Waals surface area (Å²) in [6.07, 6.45) is 13.4. The molecule has 0 spiro atoms. The molecular weight excluding hydrogens is 338 g/mol. The second-order valence-electron chi connectivity index (χ2n) is 9.07. The first-order valence-corrected chi connectivity index (χ1v) is 11.0. The SMILES string of the molecule is CCCCC[C@@H]1CC[C@@H]2CC(c3cc(F)c4cc(F)ccc4c3)CCC2C1. The van der Waals surface area contributed by atoms with Crippen molar-refractivity contribution >= 4 is 10.8 Å². The fourth-order valence-electron chi connectivity index (χ4n) is 5.78. The summed E-state index contributed by atoms with van der Waals surface area (Å²) in [5.41, 5.74) is 1.12. The van der Waals surface area contributed by atoms with Crippen molar-refractivity contribution in [1.82, 2.24) is 0 Å². The minimum atomic E-state index is -0.370. The maximum absolute atomic E-state index is 14.5. The lowest BCUT2D eigenvalue weighted by atomic mass is 9.63. The molecule has 2 aliphatic carbocycles. The van der Waals surface area contributed by atoms with Gasteiger partial charge in [-0.2, -0.15) is 0 Å². The molecule has 0 nitrogen and oxygen atoms in total. The van der Waals surface area contributed by atoms with Gasteiger partial charge in [-0.25, -0.2) is 8.78 Å². The molecule has 2 saturated carbocycles. The highest BCUT2D eigenvalue weighted by atomic mass is 19.1. The van der Waals surface area contributed by atoms with Crippen LogP contribution >= 0.6 is 0 Å². The minimum absolute atomic E-state index is 0.274. The summed E-state index contributed by atoms with van der Waals surface area (Å²) in [6, 6.07) is 8.22. The van der Waals surface area contributed by atoms with Crippen molar-refractivity contribution in [1.29, 1.82) is 0 Å². The van der Waals surface area contributed by atoms with E-state index in [9.17, 15) is 8.78 Å². The average Bonchev–Trinajstić information content (AvgIpc) is 2.68. The van der Waals surface area contributed by atoms with Gasteiger partial charge in [0.05, 0.1) is 0 Å². The lowest BCUT2D eigenvalue weighted by Gasteiger charge is -2.42. The molecule has 0 bridgehead atoms. The molecule has 4 rings (SSSR count). The fourth-order valence-corrected chi connectivity index (χ4v) is 5.78. The third-order valence-corrected chi connectivity index (χ3v) is 7.30. The van der Waals surface area contributed by atoms with Crippen molar-refractivity contribution in [3.8, 4) is 0 Å².